The maximum absolute atomic E-state index is 13.3. The van der Waals surface area contributed by atoms with Crippen LogP contribution in [0, 0.1) is 22.7 Å². The van der Waals surface area contributed by atoms with Gasteiger partial charge in [0.1, 0.15) is 17.0 Å². The molecule has 2 fully saturated rings. The van der Waals surface area contributed by atoms with E-state index in [1.807, 2.05) is 38.1 Å². The molecule has 2 heterocycles. The fourth-order valence-electron chi connectivity index (χ4n) is 8.44. The Morgan fingerprint density at radius 3 is 2.62 bits per heavy atom. The summed E-state index contributed by atoms with van der Waals surface area (Å²) in [4.78, 5) is 26.6. The van der Waals surface area contributed by atoms with E-state index >= 15 is 0 Å². The van der Waals surface area contributed by atoms with Crippen LogP contribution in [-0.2, 0) is 16.0 Å². The second-order valence-corrected chi connectivity index (χ2v) is 13.2. The van der Waals surface area contributed by atoms with Gasteiger partial charge in [-0.25, -0.2) is 0 Å². The molecule has 3 N–H and O–H groups in total. The van der Waals surface area contributed by atoms with Crippen LogP contribution in [0.1, 0.15) is 80.9 Å². The number of amides is 1. The van der Waals surface area contributed by atoms with E-state index in [4.69, 9.17) is 26.8 Å². The van der Waals surface area contributed by atoms with Crippen molar-refractivity contribution >= 4 is 23.3 Å². The molecule has 6 nitrogen and oxygen atoms in total. The molecule has 7 heteroatoms. The molecule has 6 rings (SSSR count). The van der Waals surface area contributed by atoms with Crippen LogP contribution in [0.15, 0.2) is 35.4 Å². The van der Waals surface area contributed by atoms with Crippen LogP contribution in [0.3, 0.4) is 0 Å². The molecule has 0 saturated heterocycles. The fraction of sp³-hybridized carbons (Fsp3) is 0.600. The first-order valence-electron chi connectivity index (χ1n) is 13.5. The molecule has 1 amide bonds. The first kappa shape index (κ1) is 25.1. The van der Waals surface area contributed by atoms with E-state index in [0.29, 0.717) is 29.4 Å². The molecule has 2 saturated carbocycles. The molecule has 198 valence electrons. The van der Waals surface area contributed by atoms with Crippen LogP contribution in [0.2, 0.25) is 0 Å². The van der Waals surface area contributed by atoms with Crippen molar-refractivity contribution in [2.45, 2.75) is 83.1 Å². The molecular weight excluding hydrogens is 488 g/mol. The van der Waals surface area contributed by atoms with E-state index in [1.165, 1.54) is 0 Å². The van der Waals surface area contributed by atoms with E-state index in [9.17, 15) is 9.59 Å². The number of Topliss-reactive ketones (excluding diaryl/α,β-unsaturated/α-hetero) is 1. The summed E-state index contributed by atoms with van der Waals surface area (Å²) in [5.74, 6) is 1.19. The standard InChI is InChI=1S/C30H37ClN2O4/c1-16-6-9-21-27(2,3)25(34)20(32)15-30(21)28(16,4)14-17-7-8-19-22(23(17)37-30)24(33-26(19)35)29(36-5)12-10-18(31)11-13-29/h7-8,10-12,16,20-21,24H,6,9,13-15,32H2,1-5H3,(H,33,35)/t16-,20+,21-,24+,28+,29?,30-/m0/s1. The van der Waals surface area contributed by atoms with Gasteiger partial charge in [-0.1, -0.05) is 51.4 Å². The lowest BCUT2D eigenvalue weighted by atomic mass is 9.43. The number of rotatable bonds is 2. The van der Waals surface area contributed by atoms with Crippen LogP contribution >= 0.6 is 11.6 Å². The zero-order valence-electron chi connectivity index (χ0n) is 22.3. The van der Waals surface area contributed by atoms with E-state index in [0.717, 1.165) is 36.1 Å². The summed E-state index contributed by atoms with van der Waals surface area (Å²) in [5.41, 5.74) is 6.96. The molecule has 2 aliphatic heterocycles. The average Bonchev–Trinajstić information content (AvgIpc) is 3.20. The molecule has 1 aromatic carbocycles. The summed E-state index contributed by atoms with van der Waals surface area (Å²) in [6.45, 7) is 8.72. The van der Waals surface area contributed by atoms with Gasteiger partial charge in [0, 0.05) is 52.9 Å². The van der Waals surface area contributed by atoms with Crippen molar-refractivity contribution in [1.82, 2.24) is 5.32 Å². The second kappa shape index (κ2) is 7.93. The Hall–Kier alpha value is -2.15. The summed E-state index contributed by atoms with van der Waals surface area (Å²) in [6.07, 6.45) is 9.50. The average molecular weight is 525 g/mol. The number of allylic oxidation sites excluding steroid dienone is 2. The van der Waals surface area contributed by atoms with E-state index < -0.39 is 28.7 Å². The van der Waals surface area contributed by atoms with Crippen LogP contribution in [0.4, 0.5) is 0 Å². The minimum Gasteiger partial charge on any atom is -0.486 e. The minimum absolute atomic E-state index is 0.0359. The lowest BCUT2D eigenvalue weighted by Gasteiger charge is -2.66. The molecular formula is C30H37ClN2O4. The highest BCUT2D eigenvalue weighted by molar-refractivity contribution is 6.31. The Balaban J connectivity index is 1.55. The van der Waals surface area contributed by atoms with Gasteiger partial charge >= 0.3 is 0 Å². The third-order valence-electron chi connectivity index (χ3n) is 10.8. The lowest BCUT2D eigenvalue weighted by molar-refractivity contribution is -0.211. The van der Waals surface area contributed by atoms with Gasteiger partial charge in [-0.2, -0.15) is 0 Å². The zero-order valence-corrected chi connectivity index (χ0v) is 23.1. The first-order valence-corrected chi connectivity index (χ1v) is 13.8. The normalized spacial score (nSPS) is 41.5. The minimum atomic E-state index is -0.784. The van der Waals surface area contributed by atoms with E-state index in [2.05, 4.69) is 25.2 Å². The predicted molar refractivity (Wildman–Crippen MR) is 143 cm³/mol. The van der Waals surface area contributed by atoms with E-state index in [1.54, 1.807) is 7.11 Å². The molecule has 37 heavy (non-hydrogen) atoms. The van der Waals surface area contributed by atoms with Gasteiger partial charge in [0.2, 0.25) is 0 Å². The van der Waals surface area contributed by atoms with Crippen molar-refractivity contribution in [3.8, 4) is 5.75 Å². The Morgan fingerprint density at radius 1 is 1.19 bits per heavy atom. The molecule has 3 aliphatic carbocycles. The van der Waals surface area contributed by atoms with Gasteiger partial charge < -0.3 is 20.5 Å². The maximum Gasteiger partial charge on any atom is 0.252 e. The number of hydrogen-bond donors (Lipinski definition) is 2. The van der Waals surface area contributed by atoms with Gasteiger partial charge in [0.25, 0.3) is 5.91 Å². The molecule has 0 bridgehead atoms. The van der Waals surface area contributed by atoms with Crippen molar-refractivity contribution in [1.29, 1.82) is 0 Å². The van der Waals surface area contributed by atoms with Crippen molar-refractivity contribution in [2.75, 3.05) is 7.11 Å². The number of fused-ring (bicyclic) bond motifs is 3. The summed E-state index contributed by atoms with van der Waals surface area (Å²) in [5, 5.41) is 3.84. The third-order valence-corrected chi connectivity index (χ3v) is 11.1. The van der Waals surface area contributed by atoms with Crippen molar-refractivity contribution in [2.24, 2.45) is 28.4 Å². The first-order chi connectivity index (χ1) is 17.4. The number of hydrogen-bond acceptors (Lipinski definition) is 5. The molecule has 0 radical (unpaired) electrons. The molecule has 7 atom stereocenters. The van der Waals surface area contributed by atoms with Gasteiger partial charge in [-0.15, -0.1) is 0 Å². The second-order valence-electron chi connectivity index (χ2n) is 12.7. The van der Waals surface area contributed by atoms with Crippen LogP contribution in [-0.4, -0.2) is 36.0 Å². The highest BCUT2D eigenvalue weighted by atomic mass is 35.5. The summed E-state index contributed by atoms with van der Waals surface area (Å²) in [7, 11) is 1.67. The lowest BCUT2D eigenvalue weighted by Crippen LogP contribution is -2.73. The predicted octanol–water partition coefficient (Wildman–Crippen LogP) is 4.99. The van der Waals surface area contributed by atoms with Crippen molar-refractivity contribution in [3.05, 3.63) is 52.1 Å². The summed E-state index contributed by atoms with van der Waals surface area (Å²) in [6, 6.07) is 2.97. The van der Waals surface area contributed by atoms with Crippen LogP contribution in [0.25, 0.3) is 0 Å². The van der Waals surface area contributed by atoms with Crippen LogP contribution in [0.5, 0.6) is 5.75 Å². The summed E-state index contributed by atoms with van der Waals surface area (Å²) < 4.78 is 13.4. The Kier molecular flexibility index (Phi) is 5.39. The van der Waals surface area contributed by atoms with Gasteiger partial charge in [0.05, 0.1) is 12.1 Å². The molecule has 0 aromatic heterocycles. The Labute approximate surface area is 224 Å². The largest absolute Gasteiger partial charge is 0.486 e. The highest BCUT2D eigenvalue weighted by Gasteiger charge is 2.69. The third kappa shape index (κ3) is 3.12. The maximum atomic E-state index is 13.3. The fourth-order valence-corrected chi connectivity index (χ4v) is 8.58. The quantitative estimate of drug-likeness (QED) is 0.568. The van der Waals surface area contributed by atoms with Gasteiger partial charge in [-0.05, 0) is 49.0 Å². The zero-order chi connectivity index (χ0) is 26.5. The number of ether oxygens (including phenoxy) is 2. The number of nitrogens with two attached hydrogens (primary N) is 1. The summed E-state index contributed by atoms with van der Waals surface area (Å²) >= 11 is 6.25. The number of halogens is 1. The van der Waals surface area contributed by atoms with Crippen molar-refractivity contribution in [3.63, 3.8) is 0 Å². The molecule has 1 spiro atoms. The number of benzene rings is 1. The van der Waals surface area contributed by atoms with Gasteiger partial charge in [0.15, 0.2) is 5.78 Å². The van der Waals surface area contributed by atoms with E-state index in [-0.39, 0.29) is 23.0 Å². The number of carbonyl (C=O) groups is 2. The molecule has 1 unspecified atom stereocenters. The number of nitrogens with one attached hydrogen (secondary N) is 1. The van der Waals surface area contributed by atoms with Crippen LogP contribution < -0.4 is 15.8 Å². The van der Waals surface area contributed by atoms with Gasteiger partial charge in [-0.3, -0.25) is 9.59 Å². The Bertz CT molecular complexity index is 1270. The Morgan fingerprint density at radius 2 is 1.95 bits per heavy atom. The number of methoxy groups -OCH3 is 1. The molecule has 5 aliphatic rings. The molecule has 1 aromatic rings. The van der Waals surface area contributed by atoms with Crippen molar-refractivity contribution < 1.29 is 19.1 Å². The topological polar surface area (TPSA) is 90.7 Å². The SMILES string of the molecule is COC1([C@@H]2NC(=O)c3ccc4c(c32)O[C@@]23C[C@@H](N)C(=O)C(C)(C)[C@@H]2CC[C@H](C)[C@@]3(C)C4)C=CC(Cl)=CC1. The number of ketones is 1. The number of carbonyl (C=O) groups excluding carboxylic acids is 2. The highest BCUT2D eigenvalue weighted by Crippen LogP contribution is 2.66. The smallest absolute Gasteiger partial charge is 0.252 e. The monoisotopic (exact) mass is 524 g/mol.